The molecule has 8 nitrogen and oxygen atoms in total. The Hall–Kier alpha value is -3.55. The number of esters is 1. The van der Waals surface area contributed by atoms with E-state index < -0.39 is 24.6 Å². The smallest absolute Gasteiger partial charge is 0.329 e. The first kappa shape index (κ1) is 22.7. The van der Waals surface area contributed by atoms with E-state index in [1.54, 1.807) is 7.05 Å². The number of urea groups is 1. The van der Waals surface area contributed by atoms with Crippen molar-refractivity contribution in [3.63, 3.8) is 0 Å². The SMILES string of the molecule is CCOc1ccc(CN(C)C(=O)COC(=O)[C@H](Cc2ccccc2)NC(N)=O)cc1. The van der Waals surface area contributed by atoms with Crippen LogP contribution in [0, 0.1) is 0 Å². The highest BCUT2D eigenvalue weighted by atomic mass is 16.5. The van der Waals surface area contributed by atoms with Crippen LogP contribution in [0.3, 0.4) is 0 Å². The number of hydrogen-bond donors (Lipinski definition) is 2. The number of carbonyl (C=O) groups is 3. The first-order valence-corrected chi connectivity index (χ1v) is 9.61. The molecule has 2 rings (SSSR count). The second-order valence-corrected chi connectivity index (χ2v) is 6.69. The maximum Gasteiger partial charge on any atom is 0.329 e. The van der Waals surface area contributed by atoms with E-state index in [4.69, 9.17) is 15.2 Å². The molecule has 0 fully saturated rings. The zero-order valence-electron chi connectivity index (χ0n) is 17.2. The van der Waals surface area contributed by atoms with Gasteiger partial charge in [-0.2, -0.15) is 0 Å². The van der Waals surface area contributed by atoms with E-state index in [1.807, 2.05) is 61.5 Å². The molecule has 3 amide bonds. The lowest BCUT2D eigenvalue weighted by atomic mass is 10.1. The Morgan fingerprint density at radius 2 is 1.70 bits per heavy atom. The number of likely N-dealkylation sites (N-methyl/N-ethyl adjacent to an activating group) is 1. The fourth-order valence-electron chi connectivity index (χ4n) is 2.78. The van der Waals surface area contributed by atoms with Gasteiger partial charge in [-0.25, -0.2) is 9.59 Å². The van der Waals surface area contributed by atoms with Crippen molar-refractivity contribution in [2.45, 2.75) is 25.9 Å². The van der Waals surface area contributed by atoms with E-state index in [1.165, 1.54) is 4.90 Å². The van der Waals surface area contributed by atoms with Crippen molar-refractivity contribution >= 4 is 17.9 Å². The number of ether oxygens (including phenoxy) is 2. The molecule has 1 atom stereocenters. The number of primary amides is 1. The molecule has 0 aliphatic carbocycles. The topological polar surface area (TPSA) is 111 Å². The number of amides is 3. The summed E-state index contributed by atoms with van der Waals surface area (Å²) in [6.07, 6.45) is 0.207. The largest absolute Gasteiger partial charge is 0.494 e. The Kier molecular flexibility index (Phi) is 8.68. The third kappa shape index (κ3) is 7.46. The maximum absolute atomic E-state index is 12.4. The van der Waals surface area contributed by atoms with E-state index >= 15 is 0 Å². The van der Waals surface area contributed by atoms with Crippen molar-refractivity contribution in [1.29, 1.82) is 0 Å². The number of nitrogens with zero attached hydrogens (tertiary/aromatic N) is 1. The highest BCUT2D eigenvalue weighted by Crippen LogP contribution is 2.13. The molecule has 0 radical (unpaired) electrons. The molecule has 30 heavy (non-hydrogen) atoms. The summed E-state index contributed by atoms with van der Waals surface area (Å²) in [4.78, 5) is 37.4. The second kappa shape index (κ2) is 11.5. The van der Waals surface area contributed by atoms with Crippen molar-refractivity contribution in [2.24, 2.45) is 5.73 Å². The van der Waals surface area contributed by atoms with Gasteiger partial charge in [0.05, 0.1) is 6.61 Å². The molecular formula is C22H27N3O5. The third-order valence-corrected chi connectivity index (χ3v) is 4.30. The Bertz CT molecular complexity index is 840. The molecule has 0 saturated carbocycles. The van der Waals surface area contributed by atoms with E-state index in [-0.39, 0.29) is 12.3 Å². The van der Waals surface area contributed by atoms with Crippen LogP contribution in [0.5, 0.6) is 5.75 Å². The predicted octanol–water partition coefficient (Wildman–Crippen LogP) is 1.87. The molecule has 0 aromatic heterocycles. The summed E-state index contributed by atoms with van der Waals surface area (Å²) in [7, 11) is 1.62. The number of hydrogen-bond acceptors (Lipinski definition) is 5. The minimum Gasteiger partial charge on any atom is -0.494 e. The summed E-state index contributed by atoms with van der Waals surface area (Å²) < 4.78 is 10.5. The van der Waals surface area contributed by atoms with Gasteiger partial charge in [0, 0.05) is 20.0 Å². The van der Waals surface area contributed by atoms with Gasteiger partial charge in [-0.1, -0.05) is 42.5 Å². The Morgan fingerprint density at radius 3 is 2.30 bits per heavy atom. The fourth-order valence-corrected chi connectivity index (χ4v) is 2.78. The highest BCUT2D eigenvalue weighted by Gasteiger charge is 2.23. The standard InChI is InChI=1S/C22H27N3O5/c1-3-29-18-11-9-17(10-12-18)14-25(2)20(26)15-30-21(27)19(24-22(23)28)13-16-7-5-4-6-8-16/h4-12,19H,3,13-15H2,1-2H3,(H3,23,24,28)/t19-/m0/s1. The normalized spacial score (nSPS) is 11.3. The van der Waals surface area contributed by atoms with Crippen LogP contribution in [0.2, 0.25) is 0 Å². The third-order valence-electron chi connectivity index (χ3n) is 4.30. The number of benzene rings is 2. The van der Waals surface area contributed by atoms with Crippen molar-refractivity contribution in [1.82, 2.24) is 10.2 Å². The second-order valence-electron chi connectivity index (χ2n) is 6.69. The Balaban J connectivity index is 1.88. The lowest BCUT2D eigenvalue weighted by Gasteiger charge is -2.20. The lowest BCUT2D eigenvalue weighted by Crippen LogP contribution is -2.46. The number of carbonyl (C=O) groups excluding carboxylic acids is 3. The average molecular weight is 413 g/mol. The van der Waals surface area contributed by atoms with Crippen LogP contribution in [-0.2, 0) is 27.3 Å². The number of nitrogens with one attached hydrogen (secondary N) is 1. The summed E-state index contributed by atoms with van der Waals surface area (Å²) in [5.74, 6) is -0.328. The van der Waals surface area contributed by atoms with Gasteiger partial charge < -0.3 is 25.4 Å². The van der Waals surface area contributed by atoms with Gasteiger partial charge in [0.1, 0.15) is 11.8 Å². The summed E-state index contributed by atoms with van der Waals surface area (Å²) in [6.45, 7) is 2.41. The van der Waals surface area contributed by atoms with E-state index in [0.717, 1.165) is 16.9 Å². The molecule has 0 heterocycles. The molecule has 2 aromatic carbocycles. The average Bonchev–Trinajstić information content (AvgIpc) is 2.73. The minimum absolute atomic E-state index is 0.207. The molecule has 2 aromatic rings. The van der Waals surface area contributed by atoms with Crippen LogP contribution in [0.1, 0.15) is 18.1 Å². The zero-order chi connectivity index (χ0) is 21.9. The summed E-state index contributed by atoms with van der Waals surface area (Å²) in [5.41, 5.74) is 6.90. The quantitative estimate of drug-likeness (QED) is 0.578. The molecule has 0 aliphatic heterocycles. The van der Waals surface area contributed by atoms with Gasteiger partial charge in [0.2, 0.25) is 0 Å². The minimum atomic E-state index is -0.978. The van der Waals surface area contributed by atoms with Crippen LogP contribution in [0.25, 0.3) is 0 Å². The molecule has 160 valence electrons. The Labute approximate surface area is 175 Å². The van der Waals surface area contributed by atoms with Gasteiger partial charge in [-0.05, 0) is 30.2 Å². The molecule has 0 unspecified atom stereocenters. The van der Waals surface area contributed by atoms with E-state index in [9.17, 15) is 14.4 Å². The molecule has 0 bridgehead atoms. The summed E-state index contributed by atoms with van der Waals surface area (Å²) in [5, 5.41) is 2.36. The fraction of sp³-hybridized carbons (Fsp3) is 0.318. The first-order valence-electron chi connectivity index (χ1n) is 9.61. The zero-order valence-corrected chi connectivity index (χ0v) is 17.2. The monoisotopic (exact) mass is 413 g/mol. The molecular weight excluding hydrogens is 386 g/mol. The predicted molar refractivity (Wildman–Crippen MR) is 112 cm³/mol. The van der Waals surface area contributed by atoms with Crippen LogP contribution < -0.4 is 15.8 Å². The van der Waals surface area contributed by atoms with Gasteiger partial charge >= 0.3 is 12.0 Å². The Morgan fingerprint density at radius 1 is 1.03 bits per heavy atom. The molecule has 0 spiro atoms. The molecule has 8 heteroatoms. The van der Waals surface area contributed by atoms with Crippen LogP contribution >= 0.6 is 0 Å². The van der Waals surface area contributed by atoms with Crippen LogP contribution in [0.4, 0.5) is 4.79 Å². The van der Waals surface area contributed by atoms with Gasteiger partial charge in [-0.3, -0.25) is 4.79 Å². The van der Waals surface area contributed by atoms with Crippen molar-refractivity contribution in [3.05, 3.63) is 65.7 Å². The number of rotatable bonds is 10. The molecule has 3 N–H and O–H groups in total. The summed E-state index contributed by atoms with van der Waals surface area (Å²) >= 11 is 0. The molecule has 0 aliphatic rings. The van der Waals surface area contributed by atoms with Crippen molar-refractivity contribution in [3.8, 4) is 5.75 Å². The highest BCUT2D eigenvalue weighted by molar-refractivity contribution is 5.85. The lowest BCUT2D eigenvalue weighted by molar-refractivity contribution is -0.153. The van der Waals surface area contributed by atoms with Crippen LogP contribution in [0.15, 0.2) is 54.6 Å². The first-order chi connectivity index (χ1) is 14.4. The maximum atomic E-state index is 12.4. The van der Waals surface area contributed by atoms with Crippen molar-refractivity contribution < 1.29 is 23.9 Å². The van der Waals surface area contributed by atoms with Crippen LogP contribution in [-0.4, -0.2) is 49.1 Å². The van der Waals surface area contributed by atoms with Gasteiger partial charge in [0.25, 0.3) is 5.91 Å². The van der Waals surface area contributed by atoms with Gasteiger partial charge in [-0.15, -0.1) is 0 Å². The van der Waals surface area contributed by atoms with E-state index in [2.05, 4.69) is 5.32 Å². The molecule has 0 saturated heterocycles. The summed E-state index contributed by atoms with van der Waals surface area (Å²) in [6, 6.07) is 14.7. The van der Waals surface area contributed by atoms with Gasteiger partial charge in [0.15, 0.2) is 6.61 Å². The number of nitrogens with two attached hydrogens (primary N) is 1. The van der Waals surface area contributed by atoms with Crippen molar-refractivity contribution in [2.75, 3.05) is 20.3 Å². The van der Waals surface area contributed by atoms with E-state index in [0.29, 0.717) is 13.2 Å².